The molecule has 0 aliphatic heterocycles. The normalized spacial score (nSPS) is 12.0. The molecule has 4 aromatic carbocycles. The second kappa shape index (κ2) is 26.0. The molecule has 0 aliphatic carbocycles. The first-order valence-electron chi connectivity index (χ1n) is 24.4. The summed E-state index contributed by atoms with van der Waals surface area (Å²) in [7, 11) is 3.10. The summed E-state index contributed by atoms with van der Waals surface area (Å²) in [6.07, 6.45) is 7.01. The van der Waals surface area contributed by atoms with Gasteiger partial charge in [-0.15, -0.1) is 11.5 Å². The fourth-order valence-electron chi connectivity index (χ4n) is 8.14. The van der Waals surface area contributed by atoms with Gasteiger partial charge in [0.15, 0.2) is 0 Å². The maximum absolute atomic E-state index is 14.0. The second-order valence-electron chi connectivity index (χ2n) is 23.1. The van der Waals surface area contributed by atoms with Crippen molar-refractivity contribution in [1.82, 2.24) is 0 Å². The van der Waals surface area contributed by atoms with Crippen molar-refractivity contribution in [3.63, 3.8) is 0 Å². The van der Waals surface area contributed by atoms with Gasteiger partial charge in [0.25, 0.3) is 0 Å². The molecule has 4 aromatic rings. The molecule has 0 saturated heterocycles. The van der Waals surface area contributed by atoms with E-state index in [9.17, 15) is 10.2 Å². The van der Waals surface area contributed by atoms with Crippen LogP contribution >= 0.6 is 0 Å². The Balaban J connectivity index is 0.00000122. The van der Waals surface area contributed by atoms with Crippen LogP contribution < -0.4 is 20.0 Å². The first-order chi connectivity index (χ1) is 29.4. The molecule has 0 spiro atoms. The van der Waals surface area contributed by atoms with Crippen LogP contribution in [-0.2, 0) is 34.7 Å². The third kappa shape index (κ3) is 18.3. The molecular weight excluding hydrogens is 965 g/mol. The molecule has 5 nitrogen and oxygen atoms in total. The van der Waals surface area contributed by atoms with Crippen LogP contribution in [0, 0.1) is 54.2 Å². The summed E-state index contributed by atoms with van der Waals surface area (Å²) >= 11 is 0. The summed E-state index contributed by atoms with van der Waals surface area (Å²) in [5, 5.41) is 28.0. The van der Waals surface area contributed by atoms with Crippen LogP contribution in [-0.4, -0.2) is 32.0 Å². The maximum atomic E-state index is 14.0. The third-order valence-electron chi connectivity index (χ3n) is 11.9. The average molecular weight is 1060 g/mol. The van der Waals surface area contributed by atoms with E-state index in [-0.39, 0.29) is 73.5 Å². The van der Waals surface area contributed by atoms with E-state index in [0.717, 1.165) is 55.9 Å². The fourth-order valence-corrected chi connectivity index (χ4v) is 12.9. The molecule has 0 atom stereocenters. The van der Waals surface area contributed by atoms with Crippen molar-refractivity contribution in [2.75, 3.05) is 23.9 Å². The van der Waals surface area contributed by atoms with Crippen molar-refractivity contribution < 1.29 is 50.6 Å². The van der Waals surface area contributed by atoms with Gasteiger partial charge in [-0.3, -0.25) is 0 Å². The predicted octanol–water partition coefficient (Wildman–Crippen LogP) is 14.9. The van der Waals surface area contributed by atoms with Crippen LogP contribution in [0.5, 0.6) is 11.5 Å². The van der Waals surface area contributed by atoms with Crippen molar-refractivity contribution in [3.8, 4) is 22.6 Å². The minimum Gasteiger partial charge on any atom is -0.872 e. The van der Waals surface area contributed by atoms with E-state index in [4.69, 9.17) is 0 Å². The smallest absolute Gasteiger partial charge is 0.872 e. The largest absolute Gasteiger partial charge is 3.00 e. The van der Waals surface area contributed by atoms with E-state index < -0.39 is 17.9 Å². The van der Waals surface area contributed by atoms with Crippen LogP contribution in [0.25, 0.3) is 15.8 Å². The molecule has 361 valence electrons. The Bertz CT molecular complexity index is 1940. The van der Waals surface area contributed by atoms with Crippen LogP contribution in [0.3, 0.4) is 0 Å². The molecule has 0 amide bonds. The van der Waals surface area contributed by atoms with Crippen molar-refractivity contribution in [2.24, 2.45) is 0 Å². The standard InChI is InChI=1S/C46H64N2O2.C7H16.C4H14NSi2.Sm/c1-29-19-17-21-37(47(15)27-31-23-33(43(3,4)5)25-35(41(31)49)45(9,10)11)39(29)40-30(2)20-18-22-38(40)48(16)28-32-24-34(44(6,7)8)26-36(42(32)50)46(12,13)14;1-3-5-7-6-4-2;1-6(2)5-7(3)4;/h17-26,49-50H,27-28H2,1-16H3;3-7H2,1-2H3;6-7H,1-4H3;/q;;-1;+3/p-2. The first-order valence-corrected chi connectivity index (χ1v) is 30.0. The van der Waals surface area contributed by atoms with Crippen molar-refractivity contribution in [2.45, 2.75) is 204 Å². The van der Waals surface area contributed by atoms with Gasteiger partial charge in [-0.05, 0) is 92.1 Å². The Kier molecular flexibility index (Phi) is 24.3. The van der Waals surface area contributed by atoms with E-state index in [1.54, 1.807) is 0 Å². The molecule has 0 saturated carbocycles. The molecule has 0 aromatic heterocycles. The fraction of sp³-hybridized carbons (Fsp3) is 0.579. The number of rotatable bonds is 13. The number of aryl methyl sites for hydroxylation is 2. The number of benzene rings is 4. The zero-order valence-electron chi connectivity index (χ0n) is 45.4. The van der Waals surface area contributed by atoms with Crippen LogP contribution in [0.2, 0.25) is 26.2 Å². The number of hydrogen-bond acceptors (Lipinski definition) is 4. The van der Waals surface area contributed by atoms with Gasteiger partial charge in [0.1, 0.15) is 0 Å². The van der Waals surface area contributed by atoms with Gasteiger partial charge in [-0.25, -0.2) is 0 Å². The molecule has 0 fully saturated rings. The topological polar surface area (TPSA) is 66.7 Å². The summed E-state index contributed by atoms with van der Waals surface area (Å²) in [6, 6.07) is 21.3. The summed E-state index contributed by atoms with van der Waals surface area (Å²) < 4.78 is 4.56. The quantitative estimate of drug-likeness (QED) is 0.0988. The molecule has 0 heterocycles. The van der Waals surface area contributed by atoms with Gasteiger partial charge >= 0.3 is 40.4 Å². The van der Waals surface area contributed by atoms with E-state index >= 15 is 0 Å². The van der Waals surface area contributed by atoms with Gasteiger partial charge in [0.2, 0.25) is 0 Å². The number of anilines is 2. The zero-order chi connectivity index (χ0) is 49.1. The minimum absolute atomic E-state index is 0. The maximum Gasteiger partial charge on any atom is 3.00 e. The molecule has 8 heteroatoms. The molecule has 0 unspecified atom stereocenters. The Morgan fingerprint density at radius 3 is 1.08 bits per heavy atom. The van der Waals surface area contributed by atoms with Gasteiger partial charge in [0.05, 0.1) is 0 Å². The number of hydrogen-bond donors (Lipinski definition) is 0. The van der Waals surface area contributed by atoms with E-state index in [1.807, 2.05) is 0 Å². The molecule has 1 radical (unpaired) electrons. The van der Waals surface area contributed by atoms with Gasteiger partial charge in [-0.1, -0.05) is 222 Å². The Morgan fingerprint density at radius 2 is 0.831 bits per heavy atom. The van der Waals surface area contributed by atoms with Gasteiger partial charge in [0, 0.05) is 49.7 Å². The summed E-state index contributed by atoms with van der Waals surface area (Å²) in [6.45, 7) is 44.9. The summed E-state index contributed by atoms with van der Waals surface area (Å²) in [4.78, 5) is 4.46. The van der Waals surface area contributed by atoms with Crippen LogP contribution in [0.4, 0.5) is 11.4 Å². The van der Waals surface area contributed by atoms with E-state index in [0.29, 0.717) is 13.1 Å². The molecule has 0 N–H and O–H groups in total. The van der Waals surface area contributed by atoms with Crippen molar-refractivity contribution >= 4 is 29.3 Å². The minimum atomic E-state index is -0.542. The summed E-state index contributed by atoms with van der Waals surface area (Å²) in [5.74, 6) is 0.256. The Hall–Kier alpha value is -2.19. The number of unbranched alkanes of at least 4 members (excludes halogenated alkanes) is 4. The number of nitrogens with zero attached hydrogens (tertiary/aromatic N) is 3. The Morgan fingerprint density at radius 1 is 0.508 bits per heavy atom. The molecular formula is C57H92N3O2Si2Sm. The summed E-state index contributed by atoms with van der Waals surface area (Å²) in [5.41, 5.74) is 11.8. The van der Waals surface area contributed by atoms with Crippen LogP contribution in [0.15, 0.2) is 60.7 Å². The molecule has 65 heavy (non-hydrogen) atoms. The third-order valence-corrected chi connectivity index (χ3v) is 16.6. The van der Waals surface area contributed by atoms with Crippen molar-refractivity contribution in [3.05, 3.63) is 110 Å². The second-order valence-corrected chi connectivity index (χ2v) is 28.6. The monoisotopic (exact) mass is 1060 g/mol. The predicted molar refractivity (Wildman–Crippen MR) is 288 cm³/mol. The average Bonchev–Trinajstić information content (AvgIpc) is 3.14. The molecule has 0 aliphatic rings. The van der Waals surface area contributed by atoms with E-state index in [1.165, 1.54) is 43.2 Å². The van der Waals surface area contributed by atoms with Crippen LogP contribution in [0.1, 0.15) is 174 Å². The van der Waals surface area contributed by atoms with E-state index in [2.05, 4.69) is 226 Å². The first kappa shape index (κ1) is 60.8. The van der Waals surface area contributed by atoms with Gasteiger partial charge in [-0.2, -0.15) is 0 Å². The molecule has 4 rings (SSSR count). The SMILES string of the molecule is CCCCCCC.C[SiH](C)[N-][SiH](C)C.Cc1cccc(N(C)Cc2cc(C(C)(C)C)cc(C(C)(C)C)c2[O-])c1-c1c(C)cccc1N(C)Cc1cc(C(C)(C)C)cc(C(C)(C)C)c1[O-].[Sm+3]. The Labute approximate surface area is 436 Å². The van der Waals surface area contributed by atoms with Crippen molar-refractivity contribution in [1.29, 1.82) is 0 Å². The molecule has 0 bridgehead atoms. The zero-order valence-corrected chi connectivity index (χ0v) is 50.4. The van der Waals surface area contributed by atoms with Gasteiger partial charge < -0.3 is 24.7 Å².